The minimum atomic E-state index is 0.0594. The number of carbonyl (C=O) groups excluding carboxylic acids is 2. The second kappa shape index (κ2) is 9.38. The van der Waals surface area contributed by atoms with Crippen molar-refractivity contribution in [3.63, 3.8) is 0 Å². The zero-order valence-electron chi connectivity index (χ0n) is 12.3. The van der Waals surface area contributed by atoms with E-state index in [9.17, 15) is 9.59 Å². The number of nitrogens with one attached hydrogen (secondary N) is 2. The van der Waals surface area contributed by atoms with Crippen LogP contribution in [0.4, 0.5) is 0 Å². The highest BCUT2D eigenvalue weighted by atomic mass is 32.1. The first-order valence-electron chi connectivity index (χ1n) is 7.32. The molecule has 2 N–H and O–H groups in total. The summed E-state index contributed by atoms with van der Waals surface area (Å²) < 4.78 is 0. The van der Waals surface area contributed by atoms with E-state index >= 15 is 0 Å². The van der Waals surface area contributed by atoms with Crippen LogP contribution < -0.4 is 10.6 Å². The van der Waals surface area contributed by atoms with Crippen LogP contribution in [0.5, 0.6) is 0 Å². The molecular weight excluding hydrogens is 316 g/mol. The van der Waals surface area contributed by atoms with E-state index in [0.29, 0.717) is 25.9 Å². The van der Waals surface area contributed by atoms with Crippen LogP contribution in [0.2, 0.25) is 0 Å². The topological polar surface area (TPSA) is 58.2 Å². The zero-order chi connectivity index (χ0) is 15.6. The summed E-state index contributed by atoms with van der Waals surface area (Å²) in [7, 11) is 0. The van der Waals surface area contributed by atoms with E-state index in [-0.39, 0.29) is 11.8 Å². The number of hydrogen-bond acceptors (Lipinski definition) is 4. The summed E-state index contributed by atoms with van der Waals surface area (Å²) in [5, 5.41) is 9.75. The molecule has 0 saturated heterocycles. The summed E-state index contributed by atoms with van der Waals surface area (Å²) in [6.45, 7) is 1.32. The first-order valence-corrected chi connectivity index (χ1v) is 9.08. The lowest BCUT2D eigenvalue weighted by molar-refractivity contribution is -0.121. The number of carbonyl (C=O) groups is 2. The molecule has 0 aliphatic rings. The molecule has 0 atom stereocenters. The second-order valence-corrected chi connectivity index (χ2v) is 6.98. The summed E-state index contributed by atoms with van der Waals surface area (Å²) in [5.74, 6) is 0.119. The zero-order valence-corrected chi connectivity index (χ0v) is 14.0. The van der Waals surface area contributed by atoms with Crippen LogP contribution >= 0.6 is 22.7 Å². The quantitative estimate of drug-likeness (QED) is 0.692. The minimum absolute atomic E-state index is 0.0594. The molecule has 0 radical (unpaired) electrons. The lowest BCUT2D eigenvalue weighted by atomic mass is 10.2. The van der Waals surface area contributed by atoms with Crippen LogP contribution in [-0.4, -0.2) is 24.9 Å². The summed E-state index contributed by atoms with van der Waals surface area (Å²) in [5.41, 5.74) is 0. The van der Waals surface area contributed by atoms with E-state index in [0.717, 1.165) is 22.6 Å². The number of rotatable bonds is 9. The van der Waals surface area contributed by atoms with Crippen molar-refractivity contribution in [2.75, 3.05) is 13.1 Å². The molecule has 4 nitrogen and oxygen atoms in total. The van der Waals surface area contributed by atoms with Crippen molar-refractivity contribution in [3.05, 3.63) is 44.8 Å². The van der Waals surface area contributed by atoms with E-state index in [1.54, 1.807) is 22.7 Å². The molecule has 22 heavy (non-hydrogen) atoms. The fourth-order valence-corrected chi connectivity index (χ4v) is 3.38. The molecule has 2 rings (SSSR count). The summed E-state index contributed by atoms with van der Waals surface area (Å²) >= 11 is 3.19. The smallest absolute Gasteiger partial charge is 0.225 e. The molecule has 2 aromatic heterocycles. The van der Waals surface area contributed by atoms with Crippen LogP contribution in [-0.2, 0) is 22.4 Å². The van der Waals surface area contributed by atoms with Crippen molar-refractivity contribution >= 4 is 34.5 Å². The maximum absolute atomic E-state index is 11.7. The van der Waals surface area contributed by atoms with Crippen LogP contribution in [0.15, 0.2) is 35.0 Å². The van der Waals surface area contributed by atoms with Gasteiger partial charge in [0.15, 0.2) is 0 Å². The lowest BCUT2D eigenvalue weighted by Crippen LogP contribution is -2.28. The second-order valence-electron chi connectivity index (χ2n) is 4.92. The third-order valence-electron chi connectivity index (χ3n) is 3.08. The molecule has 0 saturated carbocycles. The molecule has 118 valence electrons. The van der Waals surface area contributed by atoms with Gasteiger partial charge in [-0.2, -0.15) is 0 Å². The minimum Gasteiger partial charge on any atom is -0.356 e. The van der Waals surface area contributed by atoms with Crippen LogP contribution in [0, 0.1) is 0 Å². The normalized spacial score (nSPS) is 10.4. The molecule has 0 aromatic carbocycles. The van der Waals surface area contributed by atoms with Gasteiger partial charge in [-0.1, -0.05) is 12.1 Å². The highest BCUT2D eigenvalue weighted by Gasteiger charge is 2.04. The molecule has 0 aliphatic carbocycles. The molecule has 0 bridgehead atoms. The number of unbranched alkanes of at least 4 members (excludes halogenated alkanes) is 1. The van der Waals surface area contributed by atoms with Gasteiger partial charge >= 0.3 is 0 Å². The Balaban J connectivity index is 1.47. The average Bonchev–Trinajstić information content (AvgIpc) is 3.16. The van der Waals surface area contributed by atoms with E-state index < -0.39 is 0 Å². The van der Waals surface area contributed by atoms with Crippen LogP contribution in [0.1, 0.15) is 22.6 Å². The molecule has 0 spiro atoms. The Bertz CT molecular complexity index is 513. The Morgan fingerprint density at radius 3 is 1.64 bits per heavy atom. The van der Waals surface area contributed by atoms with E-state index in [4.69, 9.17) is 0 Å². The van der Waals surface area contributed by atoms with Crippen molar-refractivity contribution < 1.29 is 9.59 Å². The maximum Gasteiger partial charge on any atom is 0.225 e. The summed E-state index contributed by atoms with van der Waals surface area (Å²) in [6, 6.07) is 7.83. The fourth-order valence-electron chi connectivity index (χ4n) is 1.97. The highest BCUT2D eigenvalue weighted by Crippen LogP contribution is 2.09. The molecule has 0 fully saturated rings. The summed E-state index contributed by atoms with van der Waals surface area (Å²) in [6.07, 6.45) is 2.65. The molecule has 0 unspecified atom stereocenters. The van der Waals surface area contributed by atoms with Gasteiger partial charge in [-0.25, -0.2) is 0 Å². The van der Waals surface area contributed by atoms with Gasteiger partial charge in [0, 0.05) is 22.8 Å². The predicted molar refractivity (Wildman–Crippen MR) is 91.3 cm³/mol. The largest absolute Gasteiger partial charge is 0.356 e. The summed E-state index contributed by atoms with van der Waals surface area (Å²) in [4.78, 5) is 25.5. The Morgan fingerprint density at radius 2 is 1.27 bits per heavy atom. The van der Waals surface area contributed by atoms with Crippen LogP contribution in [0.3, 0.4) is 0 Å². The Hall–Kier alpha value is -1.66. The van der Waals surface area contributed by atoms with Gasteiger partial charge < -0.3 is 10.6 Å². The van der Waals surface area contributed by atoms with Gasteiger partial charge in [0.2, 0.25) is 11.8 Å². The van der Waals surface area contributed by atoms with E-state index in [1.807, 2.05) is 35.0 Å². The third kappa shape index (κ3) is 6.41. The van der Waals surface area contributed by atoms with Crippen molar-refractivity contribution in [2.45, 2.75) is 25.7 Å². The van der Waals surface area contributed by atoms with E-state index in [1.165, 1.54) is 0 Å². The lowest BCUT2D eigenvalue weighted by Gasteiger charge is -2.06. The highest BCUT2D eigenvalue weighted by molar-refractivity contribution is 7.10. The van der Waals surface area contributed by atoms with Crippen molar-refractivity contribution in [1.29, 1.82) is 0 Å². The van der Waals surface area contributed by atoms with Crippen molar-refractivity contribution in [3.8, 4) is 0 Å². The van der Waals surface area contributed by atoms with Crippen molar-refractivity contribution in [2.24, 2.45) is 0 Å². The first-order chi connectivity index (χ1) is 10.7. The number of amides is 2. The Labute approximate surface area is 138 Å². The van der Waals surface area contributed by atoms with Gasteiger partial charge in [0.25, 0.3) is 0 Å². The van der Waals surface area contributed by atoms with E-state index in [2.05, 4.69) is 10.6 Å². The van der Waals surface area contributed by atoms with Gasteiger partial charge in [-0.05, 0) is 35.7 Å². The van der Waals surface area contributed by atoms with Crippen LogP contribution in [0.25, 0.3) is 0 Å². The monoisotopic (exact) mass is 336 g/mol. The molecule has 0 aliphatic heterocycles. The average molecular weight is 336 g/mol. The number of thiophene rings is 2. The SMILES string of the molecule is O=C(Cc1cccs1)NCCCCNC(=O)Cc1cccs1. The maximum atomic E-state index is 11.7. The Morgan fingerprint density at radius 1 is 0.818 bits per heavy atom. The van der Waals surface area contributed by atoms with Crippen molar-refractivity contribution in [1.82, 2.24) is 10.6 Å². The number of hydrogen-bond donors (Lipinski definition) is 2. The molecular formula is C16H20N2O2S2. The van der Waals surface area contributed by atoms with Gasteiger partial charge in [0.05, 0.1) is 12.8 Å². The predicted octanol–water partition coefficient (Wildman–Crippen LogP) is 2.61. The fraction of sp³-hybridized carbons (Fsp3) is 0.375. The van der Waals surface area contributed by atoms with Gasteiger partial charge in [0.1, 0.15) is 0 Å². The van der Waals surface area contributed by atoms with Gasteiger partial charge in [-0.15, -0.1) is 22.7 Å². The molecule has 2 aromatic rings. The molecule has 6 heteroatoms. The van der Waals surface area contributed by atoms with Gasteiger partial charge in [-0.3, -0.25) is 9.59 Å². The molecule has 2 heterocycles. The first kappa shape index (κ1) is 16.7. The third-order valence-corrected chi connectivity index (χ3v) is 4.83. The Kier molecular flexibility index (Phi) is 7.12. The standard InChI is InChI=1S/C16H20N2O2S2/c19-15(11-13-5-3-9-21-13)17-7-1-2-8-18-16(20)12-14-6-4-10-22-14/h3-6,9-10H,1-2,7-8,11-12H2,(H,17,19)(H,18,20). The molecule has 2 amide bonds.